The van der Waals surface area contributed by atoms with Crippen LogP contribution in [-0.2, 0) is 24.3 Å². The van der Waals surface area contributed by atoms with Crippen molar-refractivity contribution in [3.63, 3.8) is 0 Å². The number of aryl methyl sites for hydroxylation is 1. The molecule has 3 aromatic rings. The Hall–Kier alpha value is -3.44. The summed E-state index contributed by atoms with van der Waals surface area (Å²) in [5.41, 5.74) is 8.61. The van der Waals surface area contributed by atoms with Gasteiger partial charge in [0.2, 0.25) is 0 Å². The van der Waals surface area contributed by atoms with Crippen molar-refractivity contribution in [1.82, 2.24) is 29.3 Å². The molecule has 11 heteroatoms. The first-order valence-electron chi connectivity index (χ1n) is 14.1. The number of H-pyrrole nitrogens is 1. The highest BCUT2D eigenvalue weighted by atomic mass is 16.5. The van der Waals surface area contributed by atoms with E-state index in [0.717, 1.165) is 63.0 Å². The Bertz CT molecular complexity index is 1280. The fourth-order valence-corrected chi connectivity index (χ4v) is 5.13. The van der Waals surface area contributed by atoms with E-state index in [1.807, 2.05) is 24.3 Å². The molecule has 39 heavy (non-hydrogen) atoms. The van der Waals surface area contributed by atoms with Gasteiger partial charge in [-0.2, -0.15) is 9.97 Å². The van der Waals surface area contributed by atoms with E-state index in [-0.39, 0.29) is 23.9 Å². The predicted octanol–water partition coefficient (Wildman–Crippen LogP) is 2.89. The number of carbonyl (C=O) groups is 1. The summed E-state index contributed by atoms with van der Waals surface area (Å²) in [7, 11) is 0. The molecule has 4 rings (SSSR count). The maximum Gasteiger partial charge on any atom is 0.327 e. The zero-order valence-electron chi connectivity index (χ0n) is 22.9. The van der Waals surface area contributed by atoms with E-state index in [1.165, 1.54) is 25.9 Å². The van der Waals surface area contributed by atoms with Gasteiger partial charge in [-0.25, -0.2) is 4.79 Å². The Kier molecular flexibility index (Phi) is 10.3. The molecule has 0 unspecified atom stereocenters. The number of unbranched alkanes of at least 4 members (excludes halogenated alkanes) is 1. The van der Waals surface area contributed by atoms with Crippen LogP contribution in [0.1, 0.15) is 56.6 Å². The quantitative estimate of drug-likeness (QED) is 0.234. The highest BCUT2D eigenvalue weighted by Crippen LogP contribution is 2.18. The summed E-state index contributed by atoms with van der Waals surface area (Å²) in [6, 6.07) is 7.98. The van der Waals surface area contributed by atoms with E-state index >= 15 is 0 Å². The minimum absolute atomic E-state index is 0.0153. The van der Waals surface area contributed by atoms with Crippen LogP contribution >= 0.6 is 0 Å². The Balaban J connectivity index is 1.43. The summed E-state index contributed by atoms with van der Waals surface area (Å²) in [6.45, 7) is 8.91. The number of carboxylic acid groups (broad SMARTS) is 1. The Morgan fingerprint density at radius 3 is 2.62 bits per heavy atom. The minimum Gasteiger partial charge on any atom is -0.481 e. The number of aliphatic carboxylic acids is 1. The molecule has 2 aromatic heterocycles. The molecule has 0 spiro atoms. The fourth-order valence-electron chi connectivity index (χ4n) is 5.13. The largest absolute Gasteiger partial charge is 0.481 e. The van der Waals surface area contributed by atoms with Gasteiger partial charge in [-0.1, -0.05) is 37.6 Å². The number of benzene rings is 1. The highest BCUT2D eigenvalue weighted by Gasteiger charge is 2.16. The second-order valence-electron chi connectivity index (χ2n) is 10.3. The number of imidazole rings is 1. The first kappa shape index (κ1) is 28.6. The van der Waals surface area contributed by atoms with Crippen molar-refractivity contribution < 1.29 is 14.6 Å². The van der Waals surface area contributed by atoms with Gasteiger partial charge in [-0.05, 0) is 69.4 Å². The van der Waals surface area contributed by atoms with E-state index in [1.54, 1.807) is 4.57 Å². The number of nitrogens with one attached hydrogen (secondary N) is 1. The number of nitrogen functional groups attached to an aromatic ring is 1. The van der Waals surface area contributed by atoms with E-state index < -0.39 is 5.97 Å². The number of hydrogen-bond donors (Lipinski definition) is 3. The summed E-state index contributed by atoms with van der Waals surface area (Å²) in [4.78, 5) is 40.3. The van der Waals surface area contributed by atoms with E-state index in [2.05, 4.69) is 31.7 Å². The number of likely N-dealkylation sites (tertiary alicyclic amines) is 1. The van der Waals surface area contributed by atoms with Crippen molar-refractivity contribution in [2.24, 2.45) is 0 Å². The average Bonchev–Trinajstić information content (AvgIpc) is 3.52. The third-order valence-electron chi connectivity index (χ3n) is 7.12. The fraction of sp³-hybridized carbons (Fsp3) is 0.571. The second-order valence-corrected chi connectivity index (χ2v) is 10.3. The average molecular weight is 540 g/mol. The summed E-state index contributed by atoms with van der Waals surface area (Å²) in [6.07, 6.45) is 6.24. The van der Waals surface area contributed by atoms with Crippen LogP contribution < -0.4 is 16.2 Å². The van der Waals surface area contributed by atoms with Gasteiger partial charge in [0.15, 0.2) is 11.5 Å². The minimum atomic E-state index is -0.831. The molecule has 1 fully saturated rings. The molecule has 212 valence electrons. The first-order chi connectivity index (χ1) is 18.9. The van der Waals surface area contributed by atoms with E-state index in [4.69, 9.17) is 10.5 Å². The van der Waals surface area contributed by atoms with Crippen LogP contribution in [0, 0.1) is 0 Å². The van der Waals surface area contributed by atoms with E-state index in [9.17, 15) is 14.7 Å². The molecule has 1 saturated heterocycles. The molecule has 0 saturated carbocycles. The van der Waals surface area contributed by atoms with Gasteiger partial charge >= 0.3 is 17.7 Å². The molecule has 0 radical (unpaired) electrons. The molecule has 1 aliphatic heterocycles. The number of ether oxygens (including phenoxy) is 1. The van der Waals surface area contributed by atoms with Gasteiger partial charge < -0.3 is 25.5 Å². The Morgan fingerprint density at radius 1 is 1.13 bits per heavy atom. The third-order valence-corrected chi connectivity index (χ3v) is 7.12. The number of nitrogens with two attached hydrogens (primary N) is 1. The van der Waals surface area contributed by atoms with Crippen molar-refractivity contribution >= 4 is 23.0 Å². The van der Waals surface area contributed by atoms with Gasteiger partial charge in [0, 0.05) is 19.6 Å². The lowest BCUT2D eigenvalue weighted by Gasteiger charge is -2.24. The standard InChI is InChI=1S/C28H41N7O4/c1-2-3-17-39-27-31-25(29)24-26(32-27)35(28(38)30-24)16-8-15-34(14-7-13-33-11-4-5-12-33)20-22-10-6-9-21(18-22)19-23(36)37/h6,9-10,18H,2-5,7-8,11-17,19-20H2,1H3,(H,30,38)(H,36,37)(H2,29,31,32). The number of fused-ring (bicyclic) bond motifs is 1. The second kappa shape index (κ2) is 14.1. The van der Waals surface area contributed by atoms with Crippen LogP contribution in [0.4, 0.5) is 5.82 Å². The number of anilines is 1. The molecule has 0 aliphatic carbocycles. The predicted molar refractivity (Wildman–Crippen MR) is 151 cm³/mol. The number of aromatic nitrogens is 4. The molecule has 11 nitrogen and oxygen atoms in total. The van der Waals surface area contributed by atoms with Crippen molar-refractivity contribution in [2.45, 2.75) is 65.0 Å². The molecule has 4 N–H and O–H groups in total. The molecule has 1 aliphatic rings. The van der Waals surface area contributed by atoms with Gasteiger partial charge in [0.05, 0.1) is 13.0 Å². The van der Waals surface area contributed by atoms with Crippen LogP contribution in [0.15, 0.2) is 29.1 Å². The SMILES string of the molecule is CCCCOc1nc(N)c2[nH]c(=O)n(CCCN(CCCN3CCCC3)Cc3cccc(CC(=O)O)c3)c2n1. The lowest BCUT2D eigenvalue weighted by Crippen LogP contribution is -2.30. The maximum atomic E-state index is 12.8. The third kappa shape index (κ3) is 8.27. The van der Waals surface area contributed by atoms with Gasteiger partial charge in [-0.3, -0.25) is 14.3 Å². The van der Waals surface area contributed by atoms with Gasteiger partial charge in [-0.15, -0.1) is 0 Å². The van der Waals surface area contributed by atoms with Crippen LogP contribution in [0.25, 0.3) is 11.2 Å². The molecule has 0 atom stereocenters. The van der Waals surface area contributed by atoms with Crippen LogP contribution in [0.5, 0.6) is 6.01 Å². The van der Waals surface area contributed by atoms with Crippen molar-refractivity contribution in [3.8, 4) is 6.01 Å². The maximum absolute atomic E-state index is 12.8. The number of carboxylic acids is 1. The molecule has 1 aromatic carbocycles. The number of hydrogen-bond acceptors (Lipinski definition) is 8. The van der Waals surface area contributed by atoms with Crippen LogP contribution in [-0.4, -0.2) is 79.7 Å². The molecule has 0 bridgehead atoms. The molecular formula is C28H41N7O4. The van der Waals surface area contributed by atoms with Gasteiger partial charge in [0.1, 0.15) is 5.52 Å². The zero-order chi connectivity index (χ0) is 27.6. The number of rotatable bonds is 16. The van der Waals surface area contributed by atoms with Gasteiger partial charge in [0.25, 0.3) is 0 Å². The van der Waals surface area contributed by atoms with E-state index in [0.29, 0.717) is 24.3 Å². The first-order valence-corrected chi connectivity index (χ1v) is 14.1. The summed E-state index contributed by atoms with van der Waals surface area (Å²) in [5.74, 6) is -0.630. The number of aromatic amines is 1. The number of nitrogens with zero attached hydrogens (tertiary/aromatic N) is 5. The molecule has 0 amide bonds. The lowest BCUT2D eigenvalue weighted by molar-refractivity contribution is -0.136. The highest BCUT2D eigenvalue weighted by molar-refractivity contribution is 5.81. The topological polar surface area (TPSA) is 143 Å². The molecular weight excluding hydrogens is 498 g/mol. The summed E-state index contributed by atoms with van der Waals surface area (Å²) >= 11 is 0. The normalized spacial score (nSPS) is 14.0. The van der Waals surface area contributed by atoms with Crippen molar-refractivity contribution in [3.05, 3.63) is 45.9 Å². The lowest BCUT2D eigenvalue weighted by atomic mass is 10.1. The van der Waals surface area contributed by atoms with Crippen molar-refractivity contribution in [1.29, 1.82) is 0 Å². The monoisotopic (exact) mass is 539 g/mol. The summed E-state index contributed by atoms with van der Waals surface area (Å²) in [5, 5.41) is 9.18. The smallest absolute Gasteiger partial charge is 0.327 e. The summed E-state index contributed by atoms with van der Waals surface area (Å²) < 4.78 is 7.26. The Morgan fingerprint density at radius 2 is 1.87 bits per heavy atom. The van der Waals surface area contributed by atoms with Crippen LogP contribution in [0.2, 0.25) is 0 Å². The molecule has 3 heterocycles. The zero-order valence-corrected chi connectivity index (χ0v) is 22.9. The van der Waals surface area contributed by atoms with Crippen molar-refractivity contribution in [2.75, 3.05) is 45.1 Å². The Labute approximate surface area is 229 Å². The van der Waals surface area contributed by atoms with Crippen LogP contribution in [0.3, 0.4) is 0 Å².